The van der Waals surface area contributed by atoms with Crippen molar-refractivity contribution in [2.45, 2.75) is 31.4 Å². The predicted molar refractivity (Wildman–Crippen MR) is 88.2 cm³/mol. The lowest BCUT2D eigenvalue weighted by Gasteiger charge is -2.28. The van der Waals surface area contributed by atoms with E-state index in [9.17, 15) is 5.11 Å². The largest absolute Gasteiger partial charge is 0.491 e. The highest BCUT2D eigenvalue weighted by Crippen LogP contribution is 2.37. The van der Waals surface area contributed by atoms with Crippen LogP contribution in [0.3, 0.4) is 0 Å². The van der Waals surface area contributed by atoms with E-state index in [1.54, 1.807) is 0 Å². The highest BCUT2D eigenvalue weighted by Gasteiger charge is 2.38. The van der Waals surface area contributed by atoms with Crippen LogP contribution in [0.15, 0.2) is 42.5 Å². The van der Waals surface area contributed by atoms with E-state index in [1.165, 1.54) is 30.0 Å². The summed E-state index contributed by atoms with van der Waals surface area (Å²) in [5.41, 5.74) is 0. The van der Waals surface area contributed by atoms with Crippen LogP contribution in [0.5, 0.6) is 5.75 Å². The Labute approximate surface area is 131 Å². The fraction of sp³-hybridized carbons (Fsp3) is 0.474. The first-order chi connectivity index (χ1) is 10.8. The molecule has 2 aromatic rings. The average Bonchev–Trinajstić information content (AvgIpc) is 3.15. The van der Waals surface area contributed by atoms with Crippen LogP contribution in [-0.2, 0) is 0 Å². The Bertz CT molecular complexity index is 657. The molecule has 1 aliphatic heterocycles. The summed E-state index contributed by atoms with van der Waals surface area (Å²) in [6, 6.07) is 15.0. The second-order valence-corrected chi connectivity index (χ2v) is 6.76. The van der Waals surface area contributed by atoms with Gasteiger partial charge in [-0.2, -0.15) is 0 Å². The standard InChI is InChI=1S/C19H23NO2/c21-18(12-20-11-14-5-7-17(20)9-14)13-22-19-8-6-15-3-1-2-4-16(15)10-19/h1-4,6,8,10,14,17-18,21H,5,7,9,11-13H2. The molecule has 3 nitrogen and oxygen atoms in total. The number of ether oxygens (including phenoxy) is 1. The number of piperidine rings is 1. The minimum atomic E-state index is -0.411. The van der Waals surface area contributed by atoms with Gasteiger partial charge in [-0.05, 0) is 48.1 Å². The topological polar surface area (TPSA) is 32.7 Å². The van der Waals surface area contributed by atoms with Gasteiger partial charge in [0.2, 0.25) is 0 Å². The van der Waals surface area contributed by atoms with Crippen LogP contribution < -0.4 is 4.74 Å². The third-order valence-corrected chi connectivity index (χ3v) is 5.13. The van der Waals surface area contributed by atoms with Crippen molar-refractivity contribution in [3.63, 3.8) is 0 Å². The first kappa shape index (κ1) is 14.0. The first-order valence-electron chi connectivity index (χ1n) is 8.31. The molecular formula is C19H23NO2. The van der Waals surface area contributed by atoms with E-state index in [4.69, 9.17) is 4.74 Å². The first-order valence-corrected chi connectivity index (χ1v) is 8.31. The third kappa shape index (κ3) is 2.83. The van der Waals surface area contributed by atoms with E-state index in [2.05, 4.69) is 23.1 Å². The lowest BCUT2D eigenvalue weighted by atomic mass is 10.1. The number of hydrogen-bond acceptors (Lipinski definition) is 3. The smallest absolute Gasteiger partial charge is 0.120 e. The summed E-state index contributed by atoms with van der Waals surface area (Å²) in [4.78, 5) is 2.45. The minimum absolute atomic E-state index is 0.367. The van der Waals surface area contributed by atoms with Crippen LogP contribution in [-0.4, -0.2) is 41.8 Å². The molecule has 1 saturated carbocycles. The van der Waals surface area contributed by atoms with Crippen LogP contribution in [0, 0.1) is 5.92 Å². The molecule has 0 spiro atoms. The van der Waals surface area contributed by atoms with Crippen molar-refractivity contribution >= 4 is 10.8 Å². The summed E-state index contributed by atoms with van der Waals surface area (Å²) in [6.07, 6.45) is 3.61. The summed E-state index contributed by atoms with van der Waals surface area (Å²) in [5, 5.41) is 12.6. The Kier molecular flexibility index (Phi) is 3.77. The summed E-state index contributed by atoms with van der Waals surface area (Å²) in [7, 11) is 0. The number of rotatable bonds is 5. The van der Waals surface area contributed by atoms with E-state index < -0.39 is 6.10 Å². The molecule has 0 radical (unpaired) electrons. The van der Waals surface area contributed by atoms with Gasteiger partial charge >= 0.3 is 0 Å². The van der Waals surface area contributed by atoms with Gasteiger partial charge in [-0.3, -0.25) is 4.90 Å². The lowest BCUT2D eigenvalue weighted by Crippen LogP contribution is -2.40. The Morgan fingerprint density at radius 1 is 1.14 bits per heavy atom. The molecule has 1 heterocycles. The summed E-state index contributed by atoms with van der Waals surface area (Å²) < 4.78 is 5.79. The predicted octanol–water partition coefficient (Wildman–Crippen LogP) is 3.06. The van der Waals surface area contributed by atoms with Crippen LogP contribution in [0.25, 0.3) is 10.8 Å². The molecule has 3 heteroatoms. The Morgan fingerprint density at radius 3 is 2.77 bits per heavy atom. The molecule has 3 atom stereocenters. The number of likely N-dealkylation sites (tertiary alicyclic amines) is 1. The van der Waals surface area contributed by atoms with Crippen molar-refractivity contribution in [3.05, 3.63) is 42.5 Å². The van der Waals surface area contributed by atoms with Crippen molar-refractivity contribution in [2.75, 3.05) is 19.7 Å². The second-order valence-electron chi connectivity index (χ2n) is 6.76. The molecule has 2 aliphatic rings. The molecule has 3 unspecified atom stereocenters. The van der Waals surface area contributed by atoms with E-state index in [-0.39, 0.29) is 0 Å². The molecule has 1 aliphatic carbocycles. The van der Waals surface area contributed by atoms with Crippen molar-refractivity contribution in [1.29, 1.82) is 0 Å². The quantitative estimate of drug-likeness (QED) is 0.920. The maximum Gasteiger partial charge on any atom is 0.120 e. The van der Waals surface area contributed by atoms with E-state index >= 15 is 0 Å². The van der Waals surface area contributed by atoms with Gasteiger partial charge in [-0.15, -0.1) is 0 Å². The van der Waals surface area contributed by atoms with E-state index in [0.29, 0.717) is 12.6 Å². The van der Waals surface area contributed by atoms with Crippen molar-refractivity contribution < 1.29 is 9.84 Å². The zero-order chi connectivity index (χ0) is 14.9. The van der Waals surface area contributed by atoms with Crippen molar-refractivity contribution in [2.24, 2.45) is 5.92 Å². The number of β-amino-alcohol motifs (C(OH)–C–C–N with tert-alkyl or cyclic N) is 1. The van der Waals surface area contributed by atoms with Crippen molar-refractivity contribution in [1.82, 2.24) is 4.90 Å². The SMILES string of the molecule is OC(COc1ccc2ccccc2c1)CN1CC2CCC1C2. The normalized spacial score (nSPS) is 25.7. The fourth-order valence-electron chi connectivity index (χ4n) is 4.02. The monoisotopic (exact) mass is 297 g/mol. The number of aliphatic hydroxyl groups is 1. The number of nitrogens with zero attached hydrogens (tertiary/aromatic N) is 1. The summed E-state index contributed by atoms with van der Waals surface area (Å²) >= 11 is 0. The van der Waals surface area contributed by atoms with E-state index in [0.717, 1.165) is 24.8 Å². The molecule has 1 saturated heterocycles. The van der Waals surface area contributed by atoms with Gasteiger partial charge in [0.05, 0.1) is 0 Å². The summed E-state index contributed by atoms with van der Waals surface area (Å²) in [5.74, 6) is 1.71. The Balaban J connectivity index is 1.33. The van der Waals surface area contributed by atoms with Gasteiger partial charge in [0, 0.05) is 19.1 Å². The molecule has 1 N–H and O–H groups in total. The van der Waals surface area contributed by atoms with Gasteiger partial charge < -0.3 is 9.84 Å². The highest BCUT2D eigenvalue weighted by atomic mass is 16.5. The molecule has 4 rings (SSSR count). The zero-order valence-electron chi connectivity index (χ0n) is 12.8. The average molecular weight is 297 g/mol. The van der Waals surface area contributed by atoms with Crippen LogP contribution in [0.2, 0.25) is 0 Å². The molecule has 2 bridgehead atoms. The molecule has 2 fully saturated rings. The molecule has 2 aromatic carbocycles. The molecule has 0 amide bonds. The van der Waals surface area contributed by atoms with Crippen LogP contribution in [0.4, 0.5) is 0 Å². The number of benzene rings is 2. The minimum Gasteiger partial charge on any atom is -0.491 e. The van der Waals surface area contributed by atoms with Gasteiger partial charge in [-0.25, -0.2) is 0 Å². The number of aliphatic hydroxyl groups excluding tert-OH is 1. The lowest BCUT2D eigenvalue weighted by molar-refractivity contribution is 0.0574. The van der Waals surface area contributed by atoms with Crippen LogP contribution >= 0.6 is 0 Å². The number of hydrogen-bond donors (Lipinski definition) is 1. The molecular weight excluding hydrogens is 274 g/mol. The van der Waals surface area contributed by atoms with E-state index in [1.807, 2.05) is 24.3 Å². The Hall–Kier alpha value is -1.58. The molecule has 22 heavy (non-hydrogen) atoms. The van der Waals surface area contributed by atoms with Gasteiger partial charge in [0.1, 0.15) is 18.5 Å². The zero-order valence-corrected chi connectivity index (χ0v) is 12.8. The molecule has 116 valence electrons. The summed E-state index contributed by atoms with van der Waals surface area (Å²) in [6.45, 7) is 2.28. The van der Waals surface area contributed by atoms with Gasteiger partial charge in [0.15, 0.2) is 0 Å². The van der Waals surface area contributed by atoms with Crippen molar-refractivity contribution in [3.8, 4) is 5.75 Å². The van der Waals surface area contributed by atoms with Crippen LogP contribution in [0.1, 0.15) is 19.3 Å². The highest BCUT2D eigenvalue weighted by molar-refractivity contribution is 5.83. The van der Waals surface area contributed by atoms with Gasteiger partial charge in [-0.1, -0.05) is 30.3 Å². The maximum absolute atomic E-state index is 10.2. The number of fused-ring (bicyclic) bond motifs is 3. The maximum atomic E-state index is 10.2. The Morgan fingerprint density at radius 2 is 2.00 bits per heavy atom. The second kappa shape index (κ2) is 5.90. The molecule has 0 aromatic heterocycles. The van der Waals surface area contributed by atoms with Gasteiger partial charge in [0.25, 0.3) is 0 Å². The fourth-order valence-corrected chi connectivity index (χ4v) is 4.02. The third-order valence-electron chi connectivity index (χ3n) is 5.13.